The predicted molar refractivity (Wildman–Crippen MR) is 89.4 cm³/mol. The zero-order valence-electron chi connectivity index (χ0n) is 12.0. The second kappa shape index (κ2) is 7.01. The Balaban J connectivity index is 2.11. The maximum atomic E-state index is 6.35. The van der Waals surface area contributed by atoms with E-state index in [0.717, 1.165) is 28.4 Å². The van der Waals surface area contributed by atoms with Crippen LogP contribution < -0.4 is 5.73 Å². The third kappa shape index (κ3) is 3.92. The second-order valence-electron chi connectivity index (χ2n) is 5.09. The molecule has 114 valence electrons. The first-order valence-corrected chi connectivity index (χ1v) is 7.95. The van der Waals surface area contributed by atoms with Crippen LogP contribution in [0.15, 0.2) is 18.2 Å². The number of nitrogens with zero attached hydrogens (tertiary/aromatic N) is 2. The number of aromatic nitrogens is 2. The van der Waals surface area contributed by atoms with E-state index in [9.17, 15) is 0 Å². The molecule has 0 aliphatic carbocycles. The third-order valence-electron chi connectivity index (χ3n) is 3.46. The Hall–Kier alpha value is -0.740. The molecule has 2 N–H and O–H groups in total. The zero-order chi connectivity index (χ0) is 15.6. The van der Waals surface area contributed by atoms with E-state index in [2.05, 4.69) is 5.10 Å². The van der Waals surface area contributed by atoms with Crippen molar-refractivity contribution in [2.45, 2.75) is 32.2 Å². The molecule has 1 aromatic carbocycles. The predicted octanol–water partition coefficient (Wildman–Crippen LogP) is 4.06. The lowest BCUT2D eigenvalue weighted by Crippen LogP contribution is -2.27. The molecule has 1 aromatic heterocycles. The summed E-state index contributed by atoms with van der Waals surface area (Å²) in [5, 5.41) is 6.39. The van der Waals surface area contributed by atoms with Gasteiger partial charge in [0.2, 0.25) is 0 Å². The second-order valence-corrected chi connectivity index (χ2v) is 6.31. The minimum absolute atomic E-state index is 0.0821. The molecule has 0 radical (unpaired) electrons. The number of nitrogens with two attached hydrogens (primary N) is 1. The summed E-state index contributed by atoms with van der Waals surface area (Å²) in [6.07, 6.45) is 2.13. The normalized spacial score (nSPS) is 12.7. The van der Waals surface area contributed by atoms with Gasteiger partial charge in [0.15, 0.2) is 0 Å². The van der Waals surface area contributed by atoms with Crippen LogP contribution in [-0.4, -0.2) is 15.8 Å². The van der Waals surface area contributed by atoms with Gasteiger partial charge in [0, 0.05) is 29.6 Å². The monoisotopic (exact) mass is 345 g/mol. The van der Waals surface area contributed by atoms with Gasteiger partial charge in [-0.3, -0.25) is 4.68 Å². The highest BCUT2D eigenvalue weighted by Gasteiger charge is 2.17. The number of hydrogen-bond donors (Lipinski definition) is 1. The number of rotatable bonds is 5. The first kappa shape index (κ1) is 16.6. The molecule has 0 saturated carbocycles. The lowest BCUT2D eigenvalue weighted by atomic mass is 10.0. The van der Waals surface area contributed by atoms with Crippen molar-refractivity contribution < 1.29 is 0 Å². The molecule has 1 unspecified atom stereocenters. The van der Waals surface area contributed by atoms with Crippen LogP contribution in [0.4, 0.5) is 0 Å². The topological polar surface area (TPSA) is 43.8 Å². The van der Waals surface area contributed by atoms with Gasteiger partial charge in [-0.05, 0) is 30.5 Å². The van der Waals surface area contributed by atoms with Gasteiger partial charge in [-0.25, -0.2) is 0 Å². The van der Waals surface area contributed by atoms with Crippen LogP contribution in [0.1, 0.15) is 23.9 Å². The Bertz CT molecular complexity index is 637. The van der Waals surface area contributed by atoms with Crippen LogP contribution in [0.25, 0.3) is 0 Å². The van der Waals surface area contributed by atoms with E-state index >= 15 is 0 Å². The molecule has 2 aromatic rings. The lowest BCUT2D eigenvalue weighted by Gasteiger charge is -2.13. The van der Waals surface area contributed by atoms with Crippen molar-refractivity contribution in [2.24, 2.45) is 12.8 Å². The van der Waals surface area contributed by atoms with Crippen LogP contribution in [-0.2, 0) is 26.3 Å². The maximum Gasteiger partial charge on any atom is 0.0850 e. The van der Waals surface area contributed by atoms with Gasteiger partial charge in [0.1, 0.15) is 0 Å². The maximum absolute atomic E-state index is 6.35. The highest BCUT2D eigenvalue weighted by atomic mass is 35.5. The van der Waals surface area contributed by atoms with E-state index in [-0.39, 0.29) is 6.04 Å². The number of halogens is 3. The fourth-order valence-corrected chi connectivity index (χ4v) is 3.19. The van der Waals surface area contributed by atoms with Gasteiger partial charge in [0.05, 0.1) is 16.4 Å². The molecule has 1 heterocycles. The number of benzene rings is 1. The molecular weight excluding hydrogens is 329 g/mol. The molecule has 2 rings (SSSR count). The molecule has 1 atom stereocenters. The third-order valence-corrected chi connectivity index (χ3v) is 4.48. The Kier molecular flexibility index (Phi) is 5.55. The molecule has 0 bridgehead atoms. The molecule has 0 aliphatic rings. The Morgan fingerprint density at radius 2 is 1.95 bits per heavy atom. The summed E-state index contributed by atoms with van der Waals surface area (Å²) in [5.74, 6) is 0. The average molecular weight is 347 g/mol. The highest BCUT2D eigenvalue weighted by Crippen LogP contribution is 2.25. The van der Waals surface area contributed by atoms with Crippen molar-refractivity contribution in [1.29, 1.82) is 0 Å². The Labute approximate surface area is 140 Å². The van der Waals surface area contributed by atoms with E-state index in [4.69, 9.17) is 40.5 Å². The van der Waals surface area contributed by atoms with E-state index in [1.54, 1.807) is 6.07 Å². The fourth-order valence-electron chi connectivity index (χ4n) is 2.33. The van der Waals surface area contributed by atoms with E-state index in [1.807, 2.05) is 30.8 Å². The molecule has 0 spiro atoms. The van der Waals surface area contributed by atoms with Crippen molar-refractivity contribution >= 4 is 34.8 Å². The summed E-state index contributed by atoms with van der Waals surface area (Å²) in [5.41, 5.74) is 9.10. The van der Waals surface area contributed by atoms with Crippen LogP contribution >= 0.6 is 34.8 Å². The van der Waals surface area contributed by atoms with Gasteiger partial charge in [-0.2, -0.15) is 5.10 Å². The smallest absolute Gasteiger partial charge is 0.0850 e. The van der Waals surface area contributed by atoms with Gasteiger partial charge in [0.25, 0.3) is 0 Å². The number of aryl methyl sites for hydroxylation is 2. The summed E-state index contributed by atoms with van der Waals surface area (Å²) in [4.78, 5) is 0. The van der Waals surface area contributed by atoms with Gasteiger partial charge in [-0.1, -0.05) is 47.8 Å². The highest BCUT2D eigenvalue weighted by molar-refractivity contribution is 6.35. The minimum Gasteiger partial charge on any atom is -0.327 e. The van der Waals surface area contributed by atoms with Crippen molar-refractivity contribution in [1.82, 2.24) is 9.78 Å². The zero-order valence-corrected chi connectivity index (χ0v) is 14.3. The standard InChI is InChI=1S/C15H18Cl3N3/c1-3-13-15(18)14(21(2)20-13)8-11(19)6-9-4-5-10(16)7-12(9)17/h4-5,7,11H,3,6,8,19H2,1-2H3. The van der Waals surface area contributed by atoms with Crippen LogP contribution in [0, 0.1) is 0 Å². The first-order valence-electron chi connectivity index (χ1n) is 6.82. The molecule has 3 nitrogen and oxygen atoms in total. The van der Waals surface area contributed by atoms with E-state index < -0.39 is 0 Å². The summed E-state index contributed by atoms with van der Waals surface area (Å²) < 4.78 is 1.81. The van der Waals surface area contributed by atoms with Gasteiger partial charge in [-0.15, -0.1) is 0 Å². The summed E-state index contributed by atoms with van der Waals surface area (Å²) >= 11 is 18.4. The van der Waals surface area contributed by atoms with Crippen molar-refractivity contribution in [3.8, 4) is 0 Å². The SMILES string of the molecule is CCc1nn(C)c(CC(N)Cc2ccc(Cl)cc2Cl)c1Cl. The molecule has 0 amide bonds. The lowest BCUT2D eigenvalue weighted by molar-refractivity contribution is 0.612. The summed E-state index contributed by atoms with van der Waals surface area (Å²) in [7, 11) is 1.89. The largest absolute Gasteiger partial charge is 0.327 e. The summed E-state index contributed by atoms with van der Waals surface area (Å²) in [6.45, 7) is 2.03. The van der Waals surface area contributed by atoms with Crippen molar-refractivity contribution in [3.63, 3.8) is 0 Å². The van der Waals surface area contributed by atoms with Gasteiger partial charge >= 0.3 is 0 Å². The van der Waals surface area contributed by atoms with Crippen molar-refractivity contribution in [3.05, 3.63) is 50.2 Å². The van der Waals surface area contributed by atoms with Crippen LogP contribution in [0.2, 0.25) is 15.1 Å². The molecule has 0 aliphatic heterocycles. The summed E-state index contributed by atoms with van der Waals surface area (Å²) in [6, 6.07) is 5.38. The van der Waals surface area contributed by atoms with Gasteiger partial charge < -0.3 is 5.73 Å². The molecule has 0 fully saturated rings. The Morgan fingerprint density at radius 3 is 2.52 bits per heavy atom. The molecule has 6 heteroatoms. The van der Waals surface area contributed by atoms with E-state index in [0.29, 0.717) is 22.9 Å². The number of hydrogen-bond acceptors (Lipinski definition) is 2. The molecular formula is C15H18Cl3N3. The minimum atomic E-state index is -0.0821. The van der Waals surface area contributed by atoms with Crippen molar-refractivity contribution in [2.75, 3.05) is 0 Å². The average Bonchev–Trinajstić information content (AvgIpc) is 2.69. The van der Waals surface area contributed by atoms with Crippen LogP contribution in [0.3, 0.4) is 0 Å². The Morgan fingerprint density at radius 1 is 1.24 bits per heavy atom. The van der Waals surface area contributed by atoms with E-state index in [1.165, 1.54) is 0 Å². The molecule has 21 heavy (non-hydrogen) atoms. The fraction of sp³-hybridized carbons (Fsp3) is 0.400. The quantitative estimate of drug-likeness (QED) is 0.887. The first-order chi connectivity index (χ1) is 9.92. The van der Waals surface area contributed by atoms with Crippen LogP contribution in [0.5, 0.6) is 0 Å². The molecule has 0 saturated heterocycles.